The van der Waals surface area contributed by atoms with Crippen LogP contribution in [0.5, 0.6) is 0 Å². The number of rotatable bonds is 6. The molecule has 0 bridgehead atoms. The van der Waals surface area contributed by atoms with Crippen LogP contribution in [0.3, 0.4) is 0 Å². The van der Waals surface area contributed by atoms with Crippen molar-refractivity contribution in [2.45, 2.75) is 78.7 Å². The van der Waals surface area contributed by atoms with E-state index in [1.54, 1.807) is 17.8 Å². The summed E-state index contributed by atoms with van der Waals surface area (Å²) in [5.74, 6) is 0.561. The molecule has 6 heterocycles. The summed E-state index contributed by atoms with van der Waals surface area (Å²) in [6.07, 6.45) is 5.93. The summed E-state index contributed by atoms with van der Waals surface area (Å²) in [6.45, 7) is 5.08. The second kappa shape index (κ2) is 12.0. The Morgan fingerprint density at radius 2 is 1.95 bits per heavy atom. The molecule has 5 saturated heterocycles. The van der Waals surface area contributed by atoms with Crippen molar-refractivity contribution in [1.82, 2.24) is 31.5 Å². The lowest BCUT2D eigenvalue weighted by Crippen LogP contribution is -2.66. The number of thioether (sulfide) groups is 2. The number of carbonyl (C=O) groups excluding carboxylic acids is 2. The molecule has 222 valence electrons. The topological polar surface area (TPSA) is 136 Å². The number of morpholine rings is 1. The van der Waals surface area contributed by atoms with Gasteiger partial charge in [-0.1, -0.05) is 12.8 Å². The molecule has 7 rings (SSSR count). The van der Waals surface area contributed by atoms with Gasteiger partial charge in [0.2, 0.25) is 5.91 Å². The van der Waals surface area contributed by atoms with E-state index < -0.39 is 0 Å². The van der Waals surface area contributed by atoms with Crippen LogP contribution in [-0.4, -0.2) is 114 Å². The Hall–Kier alpha value is -0.900. The Morgan fingerprint density at radius 3 is 2.80 bits per heavy atom. The highest BCUT2D eigenvalue weighted by Crippen LogP contribution is 2.45. The van der Waals surface area contributed by atoms with Crippen LogP contribution >= 0.6 is 23.5 Å². The number of hydrogen-bond donors (Lipinski definition) is 6. The quantitative estimate of drug-likeness (QED) is 0.233. The van der Waals surface area contributed by atoms with E-state index >= 15 is 0 Å². The zero-order valence-electron chi connectivity index (χ0n) is 22.8. The number of aliphatic hydroxyl groups excluding tert-OH is 1. The van der Waals surface area contributed by atoms with E-state index in [0.29, 0.717) is 26.4 Å². The minimum absolute atomic E-state index is 0.0541. The van der Waals surface area contributed by atoms with E-state index in [4.69, 9.17) is 9.47 Å². The van der Waals surface area contributed by atoms with Crippen LogP contribution in [0, 0.1) is 17.8 Å². The summed E-state index contributed by atoms with van der Waals surface area (Å²) in [5, 5.41) is 29.9. The molecule has 1 saturated carbocycles. The molecule has 0 spiro atoms. The summed E-state index contributed by atoms with van der Waals surface area (Å²) in [4.78, 5) is 28.1. The number of carbonyl (C=O) groups is 2. The van der Waals surface area contributed by atoms with E-state index in [-0.39, 0.29) is 76.0 Å². The Labute approximate surface area is 244 Å². The number of ketones is 1. The smallest absolute Gasteiger partial charge is 0.226 e. The molecule has 0 aromatic carbocycles. The average Bonchev–Trinajstić information content (AvgIpc) is 3.69. The van der Waals surface area contributed by atoms with Crippen LogP contribution in [0.2, 0.25) is 0 Å². The van der Waals surface area contributed by atoms with Crippen LogP contribution < -0.4 is 26.6 Å². The second-order valence-corrected chi connectivity index (χ2v) is 14.7. The predicted octanol–water partition coefficient (Wildman–Crippen LogP) is -0.661. The highest BCUT2D eigenvalue weighted by Gasteiger charge is 2.51. The summed E-state index contributed by atoms with van der Waals surface area (Å²) in [7, 11) is 0. The summed E-state index contributed by atoms with van der Waals surface area (Å²) in [6, 6.07) is 0.0998. The zero-order valence-corrected chi connectivity index (χ0v) is 24.4. The number of hydrogen-bond acceptors (Lipinski definition) is 12. The number of piperidine rings is 1. The highest BCUT2D eigenvalue weighted by atomic mass is 32.2. The van der Waals surface area contributed by atoms with Crippen molar-refractivity contribution in [3.8, 4) is 0 Å². The first-order chi connectivity index (χ1) is 19.5. The normalized spacial score (nSPS) is 45.7. The van der Waals surface area contributed by atoms with Crippen molar-refractivity contribution >= 4 is 35.2 Å². The second-order valence-electron chi connectivity index (χ2n) is 12.2. The minimum atomic E-state index is -0.376. The molecule has 7 aliphatic rings. The third-order valence-corrected chi connectivity index (χ3v) is 12.6. The van der Waals surface area contributed by atoms with E-state index in [0.717, 1.165) is 56.8 Å². The van der Waals surface area contributed by atoms with Crippen LogP contribution in [0.25, 0.3) is 0 Å². The summed E-state index contributed by atoms with van der Waals surface area (Å²) >= 11 is 3.65. The van der Waals surface area contributed by atoms with Gasteiger partial charge in [0.25, 0.3) is 0 Å². The molecule has 6 aliphatic heterocycles. The molecular formula is C27H42N6O5S2. The summed E-state index contributed by atoms with van der Waals surface area (Å²) < 4.78 is 11.6. The molecule has 0 aromatic heterocycles. The Bertz CT molecular complexity index is 1000. The molecule has 1 aliphatic carbocycles. The van der Waals surface area contributed by atoms with Crippen molar-refractivity contribution in [2.75, 3.05) is 46.0 Å². The zero-order chi connectivity index (χ0) is 27.2. The molecule has 13 heteroatoms. The van der Waals surface area contributed by atoms with Gasteiger partial charge in [0.15, 0.2) is 5.78 Å². The van der Waals surface area contributed by atoms with Gasteiger partial charge in [0, 0.05) is 44.2 Å². The maximum Gasteiger partial charge on any atom is 0.226 e. The van der Waals surface area contributed by atoms with E-state index in [2.05, 4.69) is 31.5 Å². The fourth-order valence-electron chi connectivity index (χ4n) is 7.52. The van der Waals surface area contributed by atoms with Crippen molar-refractivity contribution in [1.29, 1.82) is 0 Å². The van der Waals surface area contributed by atoms with Crippen molar-refractivity contribution in [2.24, 2.45) is 17.8 Å². The predicted molar refractivity (Wildman–Crippen MR) is 153 cm³/mol. The molecule has 6 fully saturated rings. The van der Waals surface area contributed by atoms with E-state index in [1.165, 1.54) is 0 Å². The maximum atomic E-state index is 13.0. The van der Waals surface area contributed by atoms with Crippen LogP contribution in [0.15, 0.2) is 11.1 Å². The third-order valence-electron chi connectivity index (χ3n) is 9.66. The lowest BCUT2D eigenvalue weighted by molar-refractivity contribution is -0.125. The van der Waals surface area contributed by atoms with Crippen molar-refractivity contribution in [3.63, 3.8) is 0 Å². The number of fused-ring (bicyclic) bond motifs is 2. The lowest BCUT2D eigenvalue weighted by atomic mass is 9.84. The molecule has 40 heavy (non-hydrogen) atoms. The lowest BCUT2D eigenvalue weighted by Gasteiger charge is -2.42. The van der Waals surface area contributed by atoms with E-state index in [1.807, 2.05) is 11.8 Å². The molecular weight excluding hydrogens is 552 g/mol. The molecule has 6 N–H and O–H groups in total. The number of ether oxygens (including phenoxy) is 2. The largest absolute Gasteiger partial charge is 0.392 e. The Balaban J connectivity index is 0.985. The standard InChI is InChI=1S/C27H42N6O5S2/c34-17-4-2-1-3-16(17)30-19-9-14-11-28-26(36)22(14)25(31-19)32-20-12-29-27(39-20)15-13-38-23-18(35)10-21(40-24(15)23)33-5-7-37-8-6-33/h10,14-17,19-20,22-25,27,29-32,34H,1-9,11-13H2,(H,28,36)/t14?,15?,16-,17+,19?,20?,22?,23?,24?,25?,27?/m1/s1. The molecule has 11 atom stereocenters. The Kier molecular flexibility index (Phi) is 8.37. The van der Waals surface area contributed by atoms with Gasteiger partial charge < -0.3 is 30.1 Å². The third kappa shape index (κ3) is 5.58. The molecule has 9 unspecified atom stereocenters. The number of nitrogens with one attached hydrogen (secondary N) is 5. The van der Waals surface area contributed by atoms with Crippen molar-refractivity contribution < 1.29 is 24.2 Å². The number of aliphatic hydroxyl groups is 1. The van der Waals surface area contributed by atoms with Gasteiger partial charge in [0.05, 0.1) is 65.2 Å². The van der Waals surface area contributed by atoms with Crippen LogP contribution in [-0.2, 0) is 19.1 Å². The average molecular weight is 595 g/mol. The molecule has 1 amide bonds. The van der Waals surface area contributed by atoms with Gasteiger partial charge in [-0.15, -0.1) is 23.5 Å². The molecule has 11 nitrogen and oxygen atoms in total. The first-order valence-corrected chi connectivity index (χ1v) is 16.8. The number of amides is 1. The van der Waals surface area contributed by atoms with Crippen LogP contribution in [0.4, 0.5) is 0 Å². The van der Waals surface area contributed by atoms with Crippen molar-refractivity contribution in [3.05, 3.63) is 11.1 Å². The molecule has 0 radical (unpaired) electrons. The monoisotopic (exact) mass is 594 g/mol. The van der Waals surface area contributed by atoms with Gasteiger partial charge in [-0.25, -0.2) is 0 Å². The first kappa shape index (κ1) is 27.9. The van der Waals surface area contributed by atoms with Gasteiger partial charge >= 0.3 is 0 Å². The first-order valence-electron chi connectivity index (χ1n) is 15.0. The fourth-order valence-corrected chi connectivity index (χ4v) is 10.6. The number of nitrogens with zero attached hydrogens (tertiary/aromatic N) is 1. The van der Waals surface area contributed by atoms with Gasteiger partial charge in [-0.2, -0.15) is 0 Å². The SMILES string of the molecule is O=C1C=C(N2CCOCC2)SC2C1OCC2C1NCC(NC2NC(N[C@@H]3CCCC[C@@H]3O)CC3CNC(=O)C32)S1. The maximum absolute atomic E-state index is 13.0. The Morgan fingerprint density at radius 1 is 1.10 bits per heavy atom. The minimum Gasteiger partial charge on any atom is -0.392 e. The van der Waals surface area contributed by atoms with Gasteiger partial charge in [0.1, 0.15) is 6.10 Å². The molecule has 0 aromatic rings. The fraction of sp³-hybridized carbons (Fsp3) is 0.852. The van der Waals surface area contributed by atoms with E-state index in [9.17, 15) is 14.7 Å². The van der Waals surface area contributed by atoms with Gasteiger partial charge in [-0.05, 0) is 25.2 Å². The highest BCUT2D eigenvalue weighted by molar-refractivity contribution is 8.04. The van der Waals surface area contributed by atoms with Gasteiger partial charge in [-0.3, -0.25) is 25.5 Å². The van der Waals surface area contributed by atoms with Crippen LogP contribution in [0.1, 0.15) is 32.1 Å². The summed E-state index contributed by atoms with van der Waals surface area (Å²) in [5.41, 5.74) is 0.